The van der Waals surface area contributed by atoms with Crippen molar-refractivity contribution in [1.82, 2.24) is 9.88 Å². The Labute approximate surface area is 126 Å². The molecular weight excluding hydrogens is 264 g/mol. The Hall–Kier alpha value is -1.85. The van der Waals surface area contributed by atoms with E-state index in [1.165, 1.54) is 0 Å². The molecule has 21 heavy (non-hydrogen) atoms. The first-order chi connectivity index (χ1) is 10.1. The molecule has 3 N–H and O–H groups in total. The number of nitrogens with two attached hydrogens (primary N) is 1. The van der Waals surface area contributed by atoms with Crippen molar-refractivity contribution in [2.24, 2.45) is 5.84 Å². The van der Waals surface area contributed by atoms with Crippen molar-refractivity contribution in [1.29, 1.82) is 0 Å². The van der Waals surface area contributed by atoms with E-state index in [4.69, 9.17) is 10.6 Å². The van der Waals surface area contributed by atoms with Gasteiger partial charge < -0.3 is 10.2 Å². The Morgan fingerprint density at radius 3 is 2.67 bits per heavy atom. The summed E-state index contributed by atoms with van der Waals surface area (Å²) < 4.78 is 5.24. The topological polar surface area (TPSA) is 63.4 Å². The van der Waals surface area contributed by atoms with E-state index in [1.54, 1.807) is 7.11 Å². The maximum Gasteiger partial charge on any atom is 0.145 e. The Morgan fingerprint density at radius 1 is 1.33 bits per heavy atom. The van der Waals surface area contributed by atoms with E-state index >= 15 is 0 Å². The third-order valence-electron chi connectivity index (χ3n) is 3.75. The van der Waals surface area contributed by atoms with Gasteiger partial charge in [0, 0.05) is 29.6 Å². The van der Waals surface area contributed by atoms with Crippen LogP contribution in [0.25, 0.3) is 10.9 Å². The fourth-order valence-corrected chi connectivity index (χ4v) is 2.44. The second kappa shape index (κ2) is 6.74. The van der Waals surface area contributed by atoms with E-state index in [0.717, 1.165) is 41.1 Å². The molecule has 0 fully saturated rings. The van der Waals surface area contributed by atoms with Gasteiger partial charge in [0.05, 0.1) is 12.6 Å². The van der Waals surface area contributed by atoms with Gasteiger partial charge >= 0.3 is 0 Å². The number of nitrogens with one attached hydrogen (secondary N) is 1. The molecule has 2 aromatic rings. The van der Waals surface area contributed by atoms with Gasteiger partial charge in [0.1, 0.15) is 11.6 Å². The van der Waals surface area contributed by atoms with Crippen molar-refractivity contribution in [3.63, 3.8) is 0 Å². The number of aromatic nitrogens is 1. The Bertz CT molecular complexity index is 612. The van der Waals surface area contributed by atoms with Crippen LogP contribution >= 0.6 is 0 Å². The highest BCUT2D eigenvalue weighted by Crippen LogP contribution is 2.25. The highest BCUT2D eigenvalue weighted by Gasteiger charge is 2.13. The third kappa shape index (κ3) is 3.43. The van der Waals surface area contributed by atoms with Crippen molar-refractivity contribution in [2.45, 2.75) is 33.4 Å². The highest BCUT2D eigenvalue weighted by molar-refractivity contribution is 5.83. The number of ether oxygens (including phenoxy) is 1. The first-order valence-electron chi connectivity index (χ1n) is 7.27. The molecule has 0 saturated carbocycles. The minimum absolute atomic E-state index is 0.479. The smallest absolute Gasteiger partial charge is 0.145 e. The summed E-state index contributed by atoms with van der Waals surface area (Å²) in [7, 11) is 1.65. The van der Waals surface area contributed by atoms with Gasteiger partial charge in [-0.1, -0.05) is 6.92 Å². The van der Waals surface area contributed by atoms with Gasteiger partial charge in [-0.3, -0.25) is 4.90 Å². The average Bonchev–Trinajstić information content (AvgIpc) is 2.50. The molecule has 1 heterocycles. The molecule has 0 radical (unpaired) electrons. The molecular formula is C16H24N4O. The molecule has 0 atom stereocenters. The van der Waals surface area contributed by atoms with Crippen LogP contribution in [0.2, 0.25) is 0 Å². The summed E-state index contributed by atoms with van der Waals surface area (Å²) in [5.41, 5.74) is 4.69. The molecule has 5 nitrogen and oxygen atoms in total. The molecule has 0 aliphatic carbocycles. The Kier molecular flexibility index (Phi) is 4.98. The van der Waals surface area contributed by atoms with Crippen LogP contribution in [0.3, 0.4) is 0 Å². The maximum atomic E-state index is 5.64. The summed E-state index contributed by atoms with van der Waals surface area (Å²) in [6.45, 7) is 8.36. The lowest BCUT2D eigenvalue weighted by atomic mass is 10.1. The number of anilines is 1. The predicted molar refractivity (Wildman–Crippen MR) is 87.3 cm³/mol. The normalized spacial score (nSPS) is 11.4. The second-order valence-corrected chi connectivity index (χ2v) is 5.36. The number of rotatable bonds is 6. The van der Waals surface area contributed by atoms with Gasteiger partial charge in [-0.15, -0.1) is 0 Å². The van der Waals surface area contributed by atoms with E-state index in [9.17, 15) is 0 Å². The molecule has 5 heteroatoms. The van der Waals surface area contributed by atoms with Gasteiger partial charge in [0.2, 0.25) is 0 Å². The predicted octanol–water partition coefficient (Wildman–Crippen LogP) is 2.76. The minimum Gasteiger partial charge on any atom is -0.497 e. The van der Waals surface area contributed by atoms with Gasteiger partial charge in [0.25, 0.3) is 0 Å². The zero-order chi connectivity index (χ0) is 15.4. The van der Waals surface area contributed by atoms with Crippen LogP contribution in [-0.2, 0) is 6.54 Å². The summed E-state index contributed by atoms with van der Waals surface area (Å²) in [5.74, 6) is 7.16. The SMILES string of the molecule is CCN(Cc1cc2ccc(OC)cc2nc1NN)C(C)C. The minimum atomic E-state index is 0.479. The van der Waals surface area contributed by atoms with Crippen molar-refractivity contribution in [3.05, 3.63) is 29.8 Å². The lowest BCUT2D eigenvalue weighted by Gasteiger charge is -2.25. The molecule has 1 aromatic heterocycles. The van der Waals surface area contributed by atoms with Gasteiger partial charge in [-0.05, 0) is 38.6 Å². The van der Waals surface area contributed by atoms with Crippen LogP contribution in [0, 0.1) is 0 Å². The fraction of sp³-hybridized carbons (Fsp3) is 0.438. The number of methoxy groups -OCH3 is 1. The number of nitrogens with zero attached hydrogens (tertiary/aromatic N) is 2. The van der Waals surface area contributed by atoms with Crippen LogP contribution in [0.1, 0.15) is 26.3 Å². The van der Waals surface area contributed by atoms with E-state index in [2.05, 4.69) is 42.1 Å². The summed E-state index contributed by atoms with van der Waals surface area (Å²) >= 11 is 0. The van der Waals surface area contributed by atoms with Crippen molar-refractivity contribution >= 4 is 16.7 Å². The molecule has 0 unspecified atom stereocenters. The summed E-state index contributed by atoms with van der Waals surface area (Å²) in [6.07, 6.45) is 0. The molecule has 1 aromatic carbocycles. The summed E-state index contributed by atoms with van der Waals surface area (Å²) in [6, 6.07) is 8.51. The van der Waals surface area contributed by atoms with Crippen molar-refractivity contribution in [3.8, 4) is 5.75 Å². The Morgan fingerprint density at radius 2 is 2.10 bits per heavy atom. The zero-order valence-corrected chi connectivity index (χ0v) is 13.2. The molecule has 0 aliphatic heterocycles. The molecule has 114 valence electrons. The highest BCUT2D eigenvalue weighted by atomic mass is 16.5. The number of hydrogen-bond acceptors (Lipinski definition) is 5. The van der Waals surface area contributed by atoms with Gasteiger partial charge in [-0.2, -0.15) is 0 Å². The van der Waals surface area contributed by atoms with Crippen LogP contribution in [0.5, 0.6) is 5.75 Å². The van der Waals surface area contributed by atoms with Gasteiger partial charge in [-0.25, -0.2) is 10.8 Å². The number of hydrazine groups is 1. The fourth-order valence-electron chi connectivity index (χ4n) is 2.44. The van der Waals surface area contributed by atoms with Crippen LogP contribution in [-0.4, -0.2) is 29.6 Å². The first-order valence-corrected chi connectivity index (χ1v) is 7.27. The lowest BCUT2D eigenvalue weighted by molar-refractivity contribution is 0.225. The molecule has 2 rings (SSSR count). The number of pyridine rings is 1. The largest absolute Gasteiger partial charge is 0.497 e. The quantitative estimate of drug-likeness (QED) is 0.632. The van der Waals surface area contributed by atoms with E-state index in [1.807, 2.05) is 18.2 Å². The summed E-state index contributed by atoms with van der Waals surface area (Å²) in [5, 5.41) is 1.09. The molecule has 0 bridgehead atoms. The number of benzene rings is 1. The monoisotopic (exact) mass is 288 g/mol. The molecule has 0 aliphatic rings. The third-order valence-corrected chi connectivity index (χ3v) is 3.75. The average molecular weight is 288 g/mol. The lowest BCUT2D eigenvalue weighted by Crippen LogP contribution is -2.30. The number of nitrogen functional groups attached to an aromatic ring is 1. The summed E-state index contributed by atoms with van der Waals surface area (Å²) in [4.78, 5) is 6.97. The maximum absolute atomic E-state index is 5.64. The van der Waals surface area contributed by atoms with E-state index in [0.29, 0.717) is 6.04 Å². The zero-order valence-electron chi connectivity index (χ0n) is 13.2. The van der Waals surface area contributed by atoms with Crippen molar-refractivity contribution < 1.29 is 4.74 Å². The Balaban J connectivity index is 2.43. The second-order valence-electron chi connectivity index (χ2n) is 5.36. The van der Waals surface area contributed by atoms with E-state index in [-0.39, 0.29) is 0 Å². The van der Waals surface area contributed by atoms with Crippen LogP contribution in [0.4, 0.5) is 5.82 Å². The standard InChI is InChI=1S/C16H24N4O/c1-5-20(11(2)3)10-13-8-12-6-7-14(21-4)9-15(12)18-16(13)19-17/h6-9,11H,5,10,17H2,1-4H3,(H,18,19). The molecule has 0 saturated heterocycles. The number of fused-ring (bicyclic) bond motifs is 1. The number of hydrogen-bond donors (Lipinski definition) is 2. The van der Waals surface area contributed by atoms with Gasteiger partial charge in [0.15, 0.2) is 0 Å². The van der Waals surface area contributed by atoms with Crippen LogP contribution in [0.15, 0.2) is 24.3 Å². The van der Waals surface area contributed by atoms with E-state index < -0.39 is 0 Å². The molecule has 0 amide bonds. The van der Waals surface area contributed by atoms with Crippen molar-refractivity contribution in [2.75, 3.05) is 19.1 Å². The van der Waals surface area contributed by atoms with Crippen LogP contribution < -0.4 is 16.0 Å². The first kappa shape index (κ1) is 15.5. The molecule has 0 spiro atoms.